The first-order chi connectivity index (χ1) is 17.9. The molecular weight excluding hydrogens is 488 g/mol. The average Bonchev–Trinajstić information content (AvgIpc) is 3.19. The number of carbonyl (C=O) groups excluding carboxylic acids is 1. The van der Waals surface area contributed by atoms with Crippen molar-refractivity contribution in [2.24, 2.45) is 7.05 Å². The largest absolute Gasteiger partial charge is 0.459 e. The van der Waals surface area contributed by atoms with Gasteiger partial charge in [-0.1, -0.05) is 6.07 Å². The van der Waals surface area contributed by atoms with E-state index in [9.17, 15) is 14.7 Å². The van der Waals surface area contributed by atoms with E-state index in [1.54, 1.807) is 66.6 Å². The van der Waals surface area contributed by atoms with Crippen LogP contribution in [-0.4, -0.2) is 70.4 Å². The molecule has 0 bridgehead atoms. The molecule has 2 heterocycles. The van der Waals surface area contributed by atoms with Gasteiger partial charge < -0.3 is 28.5 Å². The van der Waals surface area contributed by atoms with Gasteiger partial charge in [-0.15, -0.1) is 0 Å². The monoisotopic (exact) mass is 528 g/mol. The molecule has 38 heavy (non-hydrogen) atoms. The van der Waals surface area contributed by atoms with E-state index in [1.165, 1.54) is 0 Å². The van der Waals surface area contributed by atoms with Crippen LogP contribution >= 0.6 is 0 Å². The summed E-state index contributed by atoms with van der Waals surface area (Å²) in [5.74, 6) is 0.186. The van der Waals surface area contributed by atoms with Gasteiger partial charge in [-0.05, 0) is 58.4 Å². The molecule has 2 atom stereocenters. The zero-order valence-corrected chi connectivity index (χ0v) is 23.6. The fraction of sp³-hybridized carbons (Fsp3) is 0.536. The van der Waals surface area contributed by atoms with Gasteiger partial charge in [0, 0.05) is 45.1 Å². The van der Waals surface area contributed by atoms with Gasteiger partial charge in [-0.2, -0.15) is 0 Å². The van der Waals surface area contributed by atoms with Crippen LogP contribution in [0.25, 0.3) is 22.4 Å². The number of rotatable bonds is 11. The number of aliphatic hydroxyl groups excluding tert-OH is 1. The Balaban J connectivity index is 2.03. The van der Waals surface area contributed by atoms with Crippen molar-refractivity contribution in [2.75, 3.05) is 27.4 Å². The highest BCUT2D eigenvalue weighted by Gasteiger charge is 2.29. The van der Waals surface area contributed by atoms with E-state index in [1.807, 2.05) is 24.3 Å². The van der Waals surface area contributed by atoms with Gasteiger partial charge in [0.1, 0.15) is 17.5 Å². The number of aryl methyl sites for hydroxylation is 2. The molecule has 0 aliphatic rings. The number of fused-ring (bicyclic) bond motifs is 1. The van der Waals surface area contributed by atoms with Crippen LogP contribution in [0.3, 0.4) is 0 Å². The number of hydrogen-bond acceptors (Lipinski definition) is 8. The number of nitrogens with zero attached hydrogens (tertiary/aromatic N) is 3. The fourth-order valence-corrected chi connectivity index (χ4v) is 4.45. The Morgan fingerprint density at radius 2 is 1.82 bits per heavy atom. The van der Waals surface area contributed by atoms with Crippen molar-refractivity contribution in [1.82, 2.24) is 19.4 Å². The summed E-state index contributed by atoms with van der Waals surface area (Å²) in [5.41, 5.74) is 3.21. The molecule has 2 aromatic heterocycles. The van der Waals surface area contributed by atoms with E-state index in [4.69, 9.17) is 19.2 Å². The molecule has 1 aromatic carbocycles. The first-order valence-corrected chi connectivity index (χ1v) is 12.7. The maximum absolute atomic E-state index is 12.6. The summed E-state index contributed by atoms with van der Waals surface area (Å²) in [6.07, 6.45) is 0.844. The second-order valence-corrected chi connectivity index (χ2v) is 10.7. The van der Waals surface area contributed by atoms with Crippen LogP contribution in [-0.2, 0) is 32.6 Å². The molecule has 0 fully saturated rings. The molecule has 0 spiro atoms. The molecule has 10 nitrogen and oxygen atoms in total. The molecule has 10 heteroatoms. The molecule has 3 aromatic rings. The van der Waals surface area contributed by atoms with E-state index >= 15 is 0 Å². The third-order valence-electron chi connectivity index (χ3n) is 6.13. The second-order valence-electron chi connectivity index (χ2n) is 10.7. The Labute approximate surface area is 223 Å². The average molecular weight is 529 g/mol. The minimum Gasteiger partial charge on any atom is -0.459 e. The highest BCUT2D eigenvalue weighted by atomic mass is 16.6. The van der Waals surface area contributed by atoms with Gasteiger partial charge >= 0.3 is 5.97 Å². The molecule has 0 aliphatic heterocycles. The number of pyridine rings is 1. The lowest BCUT2D eigenvalue weighted by molar-refractivity contribution is -0.160. The van der Waals surface area contributed by atoms with E-state index in [0.29, 0.717) is 31.1 Å². The quantitative estimate of drug-likeness (QED) is 0.365. The van der Waals surface area contributed by atoms with Crippen molar-refractivity contribution in [2.45, 2.75) is 65.0 Å². The maximum atomic E-state index is 12.6. The fourth-order valence-electron chi connectivity index (χ4n) is 4.45. The van der Waals surface area contributed by atoms with Crippen molar-refractivity contribution in [1.29, 1.82) is 0 Å². The van der Waals surface area contributed by atoms with E-state index < -0.39 is 23.7 Å². The molecule has 0 saturated carbocycles. The summed E-state index contributed by atoms with van der Waals surface area (Å²) in [5, 5.41) is 13.3. The topological polar surface area (TPSA) is 117 Å². The van der Waals surface area contributed by atoms with Gasteiger partial charge in [0.25, 0.3) is 5.56 Å². The molecule has 0 radical (unpaired) electrons. The highest BCUT2D eigenvalue weighted by molar-refractivity contribution is 5.82. The van der Waals surface area contributed by atoms with Crippen LogP contribution in [0.2, 0.25) is 0 Å². The van der Waals surface area contributed by atoms with Crippen LogP contribution in [0, 0.1) is 6.92 Å². The number of imidazole rings is 1. The lowest BCUT2D eigenvalue weighted by atomic mass is 10.1. The number of benzene rings is 1. The molecule has 3 rings (SSSR count). The van der Waals surface area contributed by atoms with Gasteiger partial charge in [0.2, 0.25) is 0 Å². The zero-order chi connectivity index (χ0) is 28.2. The van der Waals surface area contributed by atoms with Gasteiger partial charge in [0.05, 0.1) is 36.4 Å². The third kappa shape index (κ3) is 6.87. The number of nitrogens with one attached hydrogen (secondary N) is 1. The summed E-state index contributed by atoms with van der Waals surface area (Å²) >= 11 is 0. The Morgan fingerprint density at radius 3 is 2.37 bits per heavy atom. The number of aliphatic hydroxyl groups is 1. The van der Waals surface area contributed by atoms with Crippen LogP contribution in [0.5, 0.6) is 0 Å². The maximum Gasteiger partial charge on any atom is 0.326 e. The Kier molecular flexibility index (Phi) is 9.48. The number of methoxy groups -OCH3 is 2. The summed E-state index contributed by atoms with van der Waals surface area (Å²) in [6, 6.07) is 6.68. The Hall–Kier alpha value is -3.05. The minimum absolute atomic E-state index is 0.0623. The third-order valence-corrected chi connectivity index (χ3v) is 6.13. The molecule has 0 amide bonds. The predicted molar refractivity (Wildman–Crippen MR) is 146 cm³/mol. The second kappa shape index (κ2) is 12.2. The van der Waals surface area contributed by atoms with Crippen molar-refractivity contribution < 1.29 is 24.1 Å². The van der Waals surface area contributed by atoms with E-state index in [0.717, 1.165) is 22.2 Å². The van der Waals surface area contributed by atoms with Crippen molar-refractivity contribution in [3.8, 4) is 11.4 Å². The molecule has 208 valence electrons. The molecule has 0 unspecified atom stereocenters. The summed E-state index contributed by atoms with van der Waals surface area (Å²) < 4.78 is 20.1. The number of esters is 1. The molecular formula is C28H40N4O6. The number of aromatic nitrogens is 3. The van der Waals surface area contributed by atoms with Crippen molar-refractivity contribution in [3.05, 3.63) is 51.9 Å². The van der Waals surface area contributed by atoms with Crippen molar-refractivity contribution >= 4 is 17.0 Å². The van der Waals surface area contributed by atoms with E-state index in [2.05, 4.69) is 9.88 Å². The molecule has 2 N–H and O–H groups in total. The van der Waals surface area contributed by atoms with Crippen LogP contribution in [0.1, 0.15) is 44.9 Å². The number of carbonyl (C=O) groups is 1. The highest BCUT2D eigenvalue weighted by Crippen LogP contribution is 2.30. The lowest BCUT2D eigenvalue weighted by Crippen LogP contribution is -2.47. The van der Waals surface area contributed by atoms with Gasteiger partial charge in [-0.25, -0.2) is 4.98 Å². The smallest absolute Gasteiger partial charge is 0.326 e. The van der Waals surface area contributed by atoms with Gasteiger partial charge in [0.15, 0.2) is 0 Å². The zero-order valence-electron chi connectivity index (χ0n) is 23.6. The summed E-state index contributed by atoms with van der Waals surface area (Å²) in [6.45, 7) is 9.85. The normalized spacial score (nSPS) is 13.7. The first-order valence-electron chi connectivity index (χ1n) is 12.7. The minimum atomic E-state index is -0.934. The van der Waals surface area contributed by atoms with Crippen LogP contribution < -0.4 is 10.9 Å². The lowest BCUT2D eigenvalue weighted by Gasteiger charge is -2.26. The standard InChI is InChI=1S/C28H40N4O6/c1-17-11-20(14-31(6)26(17)34)25-30-22-12-19(9-10-23(22)32(25)21(15-36-7)16-37-8)13-29-24(18(2)33)27(35)38-28(3,4)5/h9-12,14,18,21,24,29,33H,13,15-16H2,1-8H3/t18-,24+/m1/s1. The SMILES string of the molecule is COCC(COC)n1c(-c2cc(C)c(=O)n(C)c2)nc2cc(CN[C@H](C(=O)OC(C)(C)C)[C@@H](C)O)ccc21. The van der Waals surface area contributed by atoms with Crippen LogP contribution in [0.15, 0.2) is 35.3 Å². The number of ether oxygens (including phenoxy) is 3. The van der Waals surface area contributed by atoms with Crippen molar-refractivity contribution in [3.63, 3.8) is 0 Å². The van der Waals surface area contributed by atoms with Gasteiger partial charge in [-0.3, -0.25) is 14.9 Å². The number of hydrogen-bond donors (Lipinski definition) is 2. The Morgan fingerprint density at radius 1 is 1.16 bits per heavy atom. The first kappa shape index (κ1) is 29.5. The summed E-state index contributed by atoms with van der Waals surface area (Å²) in [7, 11) is 5.01. The Bertz CT molecular complexity index is 1290. The van der Waals surface area contributed by atoms with Crippen LogP contribution in [0.4, 0.5) is 0 Å². The predicted octanol–water partition coefficient (Wildman–Crippen LogP) is 2.73. The van der Waals surface area contributed by atoms with E-state index in [-0.39, 0.29) is 11.6 Å². The molecule has 0 aliphatic carbocycles. The summed E-state index contributed by atoms with van der Waals surface area (Å²) in [4.78, 5) is 29.9. The molecule has 0 saturated heterocycles.